The van der Waals surface area contributed by atoms with Gasteiger partial charge >= 0.3 is 0 Å². The molecule has 3 aliphatic rings. The molecule has 0 radical (unpaired) electrons. The lowest BCUT2D eigenvalue weighted by Gasteiger charge is -2.24. The summed E-state index contributed by atoms with van der Waals surface area (Å²) in [7, 11) is 0. The van der Waals surface area contributed by atoms with E-state index in [4.69, 9.17) is 0 Å². The van der Waals surface area contributed by atoms with Crippen LogP contribution in [0.25, 0.3) is 66.9 Å². The third-order valence-corrected chi connectivity index (χ3v) is 10.8. The molecule has 1 heterocycles. The summed E-state index contributed by atoms with van der Waals surface area (Å²) in [6.07, 6.45) is 12.9. The number of aromatic nitrogens is 1. The number of nitrogens with zero attached hydrogens (tertiary/aromatic N) is 1. The second-order valence-corrected chi connectivity index (χ2v) is 13.5. The van der Waals surface area contributed by atoms with Crippen LogP contribution in [-0.2, 0) is 6.42 Å². The molecule has 226 valence electrons. The summed E-state index contributed by atoms with van der Waals surface area (Å²) in [6.45, 7) is 0. The first-order valence-electron chi connectivity index (χ1n) is 17.1. The van der Waals surface area contributed by atoms with E-state index in [1.165, 1.54) is 89.5 Å². The summed E-state index contributed by atoms with van der Waals surface area (Å²) in [5.74, 6) is 1.26. The molecule has 1 nitrogen and oxygen atoms in total. The van der Waals surface area contributed by atoms with E-state index in [1.807, 2.05) is 18.5 Å². The maximum atomic E-state index is 4.32. The normalized spacial score (nSPS) is 17.0. The Morgan fingerprint density at radius 2 is 1.29 bits per heavy atom. The molecule has 1 aromatic heterocycles. The second kappa shape index (κ2) is 10.9. The summed E-state index contributed by atoms with van der Waals surface area (Å²) >= 11 is 0. The van der Waals surface area contributed by atoms with E-state index in [0.29, 0.717) is 11.8 Å². The summed E-state index contributed by atoms with van der Waals surface area (Å²) in [6, 6.07) is 49.7. The van der Waals surface area contributed by atoms with Crippen molar-refractivity contribution in [3.05, 3.63) is 186 Å². The first-order chi connectivity index (χ1) is 23.8. The maximum Gasteiger partial charge on any atom is 0.0346 e. The molecule has 1 heteroatoms. The molecule has 6 aromatic carbocycles. The van der Waals surface area contributed by atoms with Crippen molar-refractivity contribution in [1.82, 2.24) is 4.98 Å². The van der Waals surface area contributed by atoms with Crippen molar-refractivity contribution in [2.75, 3.05) is 0 Å². The van der Waals surface area contributed by atoms with Gasteiger partial charge in [-0.25, -0.2) is 0 Å². The molecule has 0 amide bonds. The van der Waals surface area contributed by atoms with Gasteiger partial charge in [-0.05, 0) is 132 Å². The first-order valence-corrected chi connectivity index (χ1v) is 17.1. The van der Waals surface area contributed by atoms with Crippen molar-refractivity contribution >= 4 is 22.4 Å². The molecule has 0 aliphatic heterocycles. The molecule has 1 saturated carbocycles. The number of benzene rings is 6. The van der Waals surface area contributed by atoms with Crippen LogP contribution in [0.15, 0.2) is 158 Å². The lowest BCUT2D eigenvalue weighted by atomic mass is 9.80. The average molecular weight is 612 g/mol. The van der Waals surface area contributed by atoms with Crippen molar-refractivity contribution in [2.45, 2.75) is 24.7 Å². The number of fused-ring (bicyclic) bond motifs is 9. The number of allylic oxidation sites excluding steroid dienone is 3. The molecule has 0 saturated heterocycles. The van der Waals surface area contributed by atoms with Crippen LogP contribution in [0.5, 0.6) is 0 Å². The zero-order valence-electron chi connectivity index (χ0n) is 26.6. The number of rotatable bonds is 4. The minimum Gasteiger partial charge on any atom is -0.264 e. The fourth-order valence-electron chi connectivity index (χ4n) is 8.22. The van der Waals surface area contributed by atoms with Crippen molar-refractivity contribution in [3.8, 4) is 44.5 Å². The quantitative estimate of drug-likeness (QED) is 0.193. The smallest absolute Gasteiger partial charge is 0.0346 e. The Morgan fingerprint density at radius 1 is 0.521 bits per heavy atom. The Kier molecular flexibility index (Phi) is 6.20. The molecule has 0 spiro atoms. The Labute approximate surface area is 281 Å². The van der Waals surface area contributed by atoms with Crippen LogP contribution in [0, 0.1) is 0 Å². The maximum absolute atomic E-state index is 4.32. The summed E-state index contributed by atoms with van der Waals surface area (Å²) in [5, 5.41) is 2.64. The van der Waals surface area contributed by atoms with E-state index < -0.39 is 0 Å². The van der Waals surface area contributed by atoms with Gasteiger partial charge in [0, 0.05) is 12.4 Å². The minimum atomic E-state index is 0.631. The van der Waals surface area contributed by atoms with E-state index in [-0.39, 0.29) is 0 Å². The third-order valence-electron chi connectivity index (χ3n) is 10.8. The van der Waals surface area contributed by atoms with Gasteiger partial charge in [0.1, 0.15) is 0 Å². The topological polar surface area (TPSA) is 12.9 Å². The molecule has 10 rings (SSSR count). The highest BCUT2D eigenvalue weighted by Gasteiger charge is 2.46. The Morgan fingerprint density at radius 3 is 2.17 bits per heavy atom. The van der Waals surface area contributed by atoms with Crippen molar-refractivity contribution in [1.29, 1.82) is 0 Å². The van der Waals surface area contributed by atoms with Crippen LogP contribution in [0.2, 0.25) is 0 Å². The summed E-state index contributed by atoms with van der Waals surface area (Å²) in [5.41, 5.74) is 18.6. The van der Waals surface area contributed by atoms with Gasteiger partial charge in [-0.3, -0.25) is 4.98 Å². The molecule has 48 heavy (non-hydrogen) atoms. The minimum absolute atomic E-state index is 0.631. The zero-order chi connectivity index (χ0) is 31.6. The monoisotopic (exact) mass is 611 g/mol. The molecular weight excluding hydrogens is 579 g/mol. The van der Waals surface area contributed by atoms with Gasteiger partial charge in [-0.2, -0.15) is 0 Å². The highest BCUT2D eigenvalue weighted by molar-refractivity contribution is 5.96. The van der Waals surface area contributed by atoms with Gasteiger partial charge in [0.2, 0.25) is 0 Å². The molecule has 0 bridgehead atoms. The molecule has 7 aromatic rings. The lowest BCUT2D eigenvalue weighted by Crippen LogP contribution is -2.02. The van der Waals surface area contributed by atoms with Crippen LogP contribution in [0.1, 0.15) is 46.1 Å². The van der Waals surface area contributed by atoms with Crippen molar-refractivity contribution in [2.24, 2.45) is 0 Å². The van der Waals surface area contributed by atoms with Crippen LogP contribution in [0.3, 0.4) is 0 Å². The molecule has 2 atom stereocenters. The first kappa shape index (κ1) is 27.3. The number of pyridine rings is 1. The Bertz CT molecular complexity index is 2430. The fraction of sp³-hybridized carbons (Fsp3) is 0.0851. The van der Waals surface area contributed by atoms with Crippen molar-refractivity contribution < 1.29 is 0 Å². The molecular formula is C47H33N. The zero-order valence-corrected chi connectivity index (χ0v) is 26.6. The molecule has 3 aliphatic carbocycles. The number of hydrogen-bond donors (Lipinski definition) is 0. The van der Waals surface area contributed by atoms with Gasteiger partial charge in [0.05, 0.1) is 0 Å². The highest BCUT2D eigenvalue weighted by atomic mass is 14.6. The summed E-state index contributed by atoms with van der Waals surface area (Å²) < 4.78 is 0. The van der Waals surface area contributed by atoms with Gasteiger partial charge in [-0.1, -0.05) is 133 Å². The average Bonchev–Trinajstić information content (AvgIpc) is 4.00. The predicted octanol–water partition coefficient (Wildman–Crippen LogP) is 12.1. The van der Waals surface area contributed by atoms with Gasteiger partial charge in [0.15, 0.2) is 0 Å². The standard InChI is InChI=1S/C47H33N/c1-2-6-30(7-3-1)31-11-14-33-17-18-35-19-20-36(26-43(35)39(33)23-21-31)37-22-24-41-44-28-45(44)42-10-4-9-40(47(42)46(41)27-37)34-15-12-32(13-16-34)38-8-5-25-48-29-38/h1-22,24-27,29,44-45H,23,28H2. The lowest BCUT2D eigenvalue weighted by molar-refractivity contribution is 1.01. The molecule has 0 N–H and O–H groups in total. The Balaban J connectivity index is 1.06. The van der Waals surface area contributed by atoms with E-state index in [0.717, 1.165) is 12.0 Å². The Hall–Kier alpha value is -5.79. The van der Waals surface area contributed by atoms with Crippen molar-refractivity contribution in [3.63, 3.8) is 0 Å². The fourth-order valence-corrected chi connectivity index (χ4v) is 8.22. The summed E-state index contributed by atoms with van der Waals surface area (Å²) in [4.78, 5) is 4.32. The molecule has 1 fully saturated rings. The number of hydrogen-bond acceptors (Lipinski definition) is 1. The molecule has 2 unspecified atom stereocenters. The van der Waals surface area contributed by atoms with E-state index in [1.54, 1.807) is 0 Å². The SMILES string of the molecule is C1=Cc2ccc3ccc(-c4ccc5c(c4)-c4c(-c6ccc(-c7cccnc7)cc6)cccc4C4CC54)cc3c2CC=C1c1ccccc1. The van der Waals surface area contributed by atoms with E-state index in [9.17, 15) is 0 Å². The second-order valence-electron chi connectivity index (χ2n) is 13.5. The van der Waals surface area contributed by atoms with E-state index in [2.05, 4.69) is 151 Å². The largest absolute Gasteiger partial charge is 0.264 e. The highest BCUT2D eigenvalue weighted by Crippen LogP contribution is 2.63. The van der Waals surface area contributed by atoms with Crippen LogP contribution >= 0.6 is 0 Å². The van der Waals surface area contributed by atoms with Crippen LogP contribution in [0.4, 0.5) is 0 Å². The third kappa shape index (κ3) is 4.50. The van der Waals surface area contributed by atoms with Crippen LogP contribution < -0.4 is 0 Å². The van der Waals surface area contributed by atoms with Crippen LogP contribution in [-0.4, -0.2) is 4.98 Å². The van der Waals surface area contributed by atoms with Gasteiger partial charge in [-0.15, -0.1) is 0 Å². The van der Waals surface area contributed by atoms with E-state index >= 15 is 0 Å². The van der Waals surface area contributed by atoms with Gasteiger partial charge < -0.3 is 0 Å². The van der Waals surface area contributed by atoms with Gasteiger partial charge in [0.25, 0.3) is 0 Å². The predicted molar refractivity (Wildman–Crippen MR) is 201 cm³/mol.